The minimum absolute atomic E-state index is 0.0445. The van der Waals surface area contributed by atoms with E-state index in [0.717, 1.165) is 21.2 Å². The van der Waals surface area contributed by atoms with E-state index in [0.29, 0.717) is 0 Å². The molecular formula is C22H28Cl2N2. The molecule has 0 aliphatic heterocycles. The number of hydrogen-bond acceptors (Lipinski definition) is 2. The lowest BCUT2D eigenvalue weighted by Gasteiger charge is -2.30. The zero-order valence-corrected chi connectivity index (χ0v) is 17.9. The highest BCUT2D eigenvalue weighted by atomic mass is 35.5. The Morgan fingerprint density at radius 1 is 0.577 bits per heavy atom. The molecule has 0 aliphatic rings. The molecule has 2 aromatic carbocycles. The molecule has 2 atom stereocenters. The van der Waals surface area contributed by atoms with Gasteiger partial charge in [-0.2, -0.15) is 10.2 Å². The molecule has 0 fully saturated rings. The van der Waals surface area contributed by atoms with Crippen molar-refractivity contribution in [2.45, 2.75) is 53.6 Å². The molecule has 140 valence electrons. The Morgan fingerprint density at radius 3 is 1.08 bits per heavy atom. The van der Waals surface area contributed by atoms with Crippen LogP contribution in [0.15, 0.2) is 58.8 Å². The van der Waals surface area contributed by atoms with E-state index in [-0.39, 0.29) is 22.9 Å². The first-order valence-corrected chi connectivity index (χ1v) is 9.65. The summed E-state index contributed by atoms with van der Waals surface area (Å²) in [4.78, 5) is 0. The van der Waals surface area contributed by atoms with Crippen LogP contribution in [0.1, 0.15) is 64.8 Å². The van der Waals surface area contributed by atoms with Crippen LogP contribution in [0.2, 0.25) is 10.0 Å². The normalized spacial score (nSPS) is 15.2. The van der Waals surface area contributed by atoms with Crippen molar-refractivity contribution in [2.24, 2.45) is 21.1 Å². The highest BCUT2D eigenvalue weighted by molar-refractivity contribution is 6.30. The van der Waals surface area contributed by atoms with Gasteiger partial charge in [0.25, 0.3) is 0 Å². The van der Waals surface area contributed by atoms with Crippen molar-refractivity contribution in [1.29, 1.82) is 0 Å². The fourth-order valence-electron chi connectivity index (χ4n) is 2.90. The minimum atomic E-state index is -0.0558. The molecule has 0 radical (unpaired) electrons. The summed E-state index contributed by atoms with van der Waals surface area (Å²) >= 11 is 12.1. The Bertz CT molecular complexity index is 670. The minimum Gasteiger partial charge on any atom is -0.185 e. The average molecular weight is 391 g/mol. The van der Waals surface area contributed by atoms with E-state index >= 15 is 0 Å². The van der Waals surface area contributed by atoms with Gasteiger partial charge in [0.2, 0.25) is 0 Å². The predicted octanol–water partition coefficient (Wildman–Crippen LogP) is 8.32. The van der Waals surface area contributed by atoms with Crippen molar-refractivity contribution in [3.05, 3.63) is 69.7 Å². The molecule has 0 spiro atoms. The number of hydrogen-bond donors (Lipinski definition) is 0. The van der Waals surface area contributed by atoms with Gasteiger partial charge < -0.3 is 0 Å². The average Bonchev–Trinajstić information content (AvgIpc) is 2.52. The van der Waals surface area contributed by atoms with E-state index in [1.807, 2.05) is 48.5 Å². The van der Waals surface area contributed by atoms with E-state index in [9.17, 15) is 0 Å². The second-order valence-electron chi connectivity index (χ2n) is 8.87. The van der Waals surface area contributed by atoms with Gasteiger partial charge in [-0.3, -0.25) is 0 Å². The summed E-state index contributed by atoms with van der Waals surface area (Å²) in [5.74, 6) is 0. The van der Waals surface area contributed by atoms with Crippen LogP contribution in [0, 0.1) is 10.8 Å². The number of azo groups is 1. The molecule has 0 aromatic heterocycles. The molecular weight excluding hydrogens is 363 g/mol. The molecule has 0 N–H and O–H groups in total. The Hall–Kier alpha value is -1.38. The second-order valence-corrected chi connectivity index (χ2v) is 9.74. The number of halogens is 2. The first kappa shape index (κ1) is 20.9. The molecule has 2 nitrogen and oxygen atoms in total. The third kappa shape index (κ3) is 5.56. The molecule has 0 aliphatic carbocycles. The van der Waals surface area contributed by atoms with Crippen LogP contribution >= 0.6 is 23.2 Å². The second kappa shape index (κ2) is 8.10. The number of nitrogens with zero attached hydrogens (tertiary/aromatic N) is 2. The highest BCUT2D eigenvalue weighted by Gasteiger charge is 2.30. The van der Waals surface area contributed by atoms with Gasteiger partial charge in [0.05, 0.1) is 0 Å². The summed E-state index contributed by atoms with van der Waals surface area (Å²) in [6.07, 6.45) is 0. The lowest BCUT2D eigenvalue weighted by molar-refractivity contribution is 0.281. The smallest absolute Gasteiger partial charge is 0.101 e. The zero-order chi connectivity index (χ0) is 19.5. The monoisotopic (exact) mass is 390 g/mol. The van der Waals surface area contributed by atoms with Crippen molar-refractivity contribution < 1.29 is 0 Å². The van der Waals surface area contributed by atoms with E-state index in [4.69, 9.17) is 33.4 Å². The Morgan fingerprint density at radius 2 is 0.846 bits per heavy atom. The van der Waals surface area contributed by atoms with E-state index in [2.05, 4.69) is 41.5 Å². The Balaban J connectivity index is 2.41. The maximum absolute atomic E-state index is 6.05. The fraction of sp³-hybridized carbons (Fsp3) is 0.455. The maximum Gasteiger partial charge on any atom is 0.101 e. The zero-order valence-electron chi connectivity index (χ0n) is 16.4. The lowest BCUT2D eigenvalue weighted by atomic mass is 9.82. The summed E-state index contributed by atoms with van der Waals surface area (Å²) in [5, 5.41) is 11.1. The quantitative estimate of drug-likeness (QED) is 0.468. The van der Waals surface area contributed by atoms with Crippen LogP contribution in [0.25, 0.3) is 0 Å². The van der Waals surface area contributed by atoms with Gasteiger partial charge in [-0.25, -0.2) is 0 Å². The van der Waals surface area contributed by atoms with Crippen LogP contribution < -0.4 is 0 Å². The largest absolute Gasteiger partial charge is 0.185 e. The van der Waals surface area contributed by atoms with Gasteiger partial charge >= 0.3 is 0 Å². The van der Waals surface area contributed by atoms with Crippen LogP contribution in [0.3, 0.4) is 0 Å². The summed E-state index contributed by atoms with van der Waals surface area (Å²) in [7, 11) is 0. The molecule has 0 saturated heterocycles. The lowest BCUT2D eigenvalue weighted by Crippen LogP contribution is -2.19. The van der Waals surface area contributed by atoms with Crippen LogP contribution in [0.5, 0.6) is 0 Å². The molecule has 4 heteroatoms. The van der Waals surface area contributed by atoms with E-state index in [1.54, 1.807) is 0 Å². The van der Waals surface area contributed by atoms with E-state index in [1.165, 1.54) is 0 Å². The molecule has 0 saturated carbocycles. The van der Waals surface area contributed by atoms with Crippen molar-refractivity contribution >= 4 is 23.2 Å². The summed E-state index contributed by atoms with van der Waals surface area (Å²) in [6, 6.07) is 15.7. The standard InChI is InChI=1S/C22H28Cl2N2/c1-21(2,3)19(15-7-11-17(23)12-8-15)25-26-20(22(4,5)6)16-9-13-18(24)14-10-16/h7-14,19-20H,1-6H3. The Kier molecular flexibility index (Phi) is 6.52. The Labute approximate surface area is 167 Å². The first-order valence-electron chi connectivity index (χ1n) is 8.89. The number of rotatable bonds is 4. The highest BCUT2D eigenvalue weighted by Crippen LogP contribution is 2.41. The van der Waals surface area contributed by atoms with Crippen LogP contribution in [0.4, 0.5) is 0 Å². The van der Waals surface area contributed by atoms with Gasteiger partial charge in [-0.15, -0.1) is 0 Å². The predicted molar refractivity (Wildman–Crippen MR) is 112 cm³/mol. The van der Waals surface area contributed by atoms with Gasteiger partial charge in [0.1, 0.15) is 12.1 Å². The molecule has 2 unspecified atom stereocenters. The van der Waals surface area contributed by atoms with Gasteiger partial charge in [-0.1, -0.05) is 89.0 Å². The number of benzene rings is 2. The molecule has 0 heterocycles. The molecule has 0 bridgehead atoms. The van der Waals surface area contributed by atoms with Crippen molar-refractivity contribution in [3.63, 3.8) is 0 Å². The molecule has 2 aromatic rings. The SMILES string of the molecule is CC(C)(C)C(N=NC(c1ccc(Cl)cc1)C(C)(C)C)c1ccc(Cl)cc1. The van der Waals surface area contributed by atoms with Crippen molar-refractivity contribution in [3.8, 4) is 0 Å². The summed E-state index contributed by atoms with van der Waals surface area (Å²) in [5.41, 5.74) is 2.13. The van der Waals surface area contributed by atoms with Gasteiger partial charge in [0.15, 0.2) is 0 Å². The van der Waals surface area contributed by atoms with Gasteiger partial charge in [-0.05, 0) is 46.2 Å². The van der Waals surface area contributed by atoms with Gasteiger partial charge in [0, 0.05) is 10.0 Å². The van der Waals surface area contributed by atoms with Crippen molar-refractivity contribution in [2.75, 3.05) is 0 Å². The van der Waals surface area contributed by atoms with Crippen LogP contribution in [-0.4, -0.2) is 0 Å². The fourth-order valence-corrected chi connectivity index (χ4v) is 3.16. The third-order valence-electron chi connectivity index (χ3n) is 4.31. The topological polar surface area (TPSA) is 24.7 Å². The maximum atomic E-state index is 6.05. The van der Waals surface area contributed by atoms with E-state index < -0.39 is 0 Å². The van der Waals surface area contributed by atoms with Crippen molar-refractivity contribution in [1.82, 2.24) is 0 Å². The molecule has 26 heavy (non-hydrogen) atoms. The third-order valence-corrected chi connectivity index (χ3v) is 4.81. The van der Waals surface area contributed by atoms with Crippen LogP contribution in [-0.2, 0) is 0 Å². The first-order chi connectivity index (χ1) is 12.0. The molecule has 0 amide bonds. The summed E-state index contributed by atoms with van der Waals surface area (Å²) < 4.78 is 0. The molecule has 2 rings (SSSR count). The summed E-state index contributed by atoms with van der Waals surface area (Å²) in [6.45, 7) is 13.1.